The highest BCUT2D eigenvalue weighted by Crippen LogP contribution is 2.22. The summed E-state index contributed by atoms with van der Waals surface area (Å²) in [5, 5.41) is 5.03. The number of hydrogen-bond acceptors (Lipinski definition) is 6. The number of carbonyl (C=O) groups excluding carboxylic acids is 3. The molecule has 0 atom stereocenters. The van der Waals surface area contributed by atoms with Crippen LogP contribution in [0.2, 0.25) is 0 Å². The molecule has 0 saturated carbocycles. The zero-order valence-electron chi connectivity index (χ0n) is 14.8. The lowest BCUT2D eigenvalue weighted by molar-refractivity contribution is 0.0420. The van der Waals surface area contributed by atoms with Crippen LogP contribution in [-0.4, -0.2) is 50.6 Å². The van der Waals surface area contributed by atoms with E-state index in [0.717, 1.165) is 16.0 Å². The molecule has 0 saturated heterocycles. The first-order valence-electron chi connectivity index (χ1n) is 8.39. The fraction of sp³-hybridized carbons (Fsp3) is 0.211. The van der Waals surface area contributed by atoms with Gasteiger partial charge in [-0.3, -0.25) is 19.2 Å². The second kappa shape index (κ2) is 6.31. The van der Waals surface area contributed by atoms with E-state index in [1.54, 1.807) is 42.1 Å². The molecular weight excluding hydrogens is 348 g/mol. The molecule has 3 aromatic rings. The van der Waals surface area contributed by atoms with Gasteiger partial charge < -0.3 is 4.74 Å². The first-order valence-corrected chi connectivity index (χ1v) is 8.39. The van der Waals surface area contributed by atoms with Crippen LogP contribution in [0.25, 0.3) is 11.0 Å². The van der Waals surface area contributed by atoms with Gasteiger partial charge in [-0.2, -0.15) is 5.10 Å². The Morgan fingerprint density at radius 2 is 1.81 bits per heavy atom. The molecule has 0 spiro atoms. The van der Waals surface area contributed by atoms with E-state index in [-0.39, 0.29) is 25.0 Å². The maximum Gasteiger partial charge on any atom is 0.339 e. The largest absolute Gasteiger partial charge is 0.460 e. The van der Waals surface area contributed by atoms with Crippen molar-refractivity contribution in [1.29, 1.82) is 0 Å². The predicted octanol–water partition coefficient (Wildman–Crippen LogP) is 1.73. The van der Waals surface area contributed by atoms with Crippen LogP contribution in [0, 0.1) is 6.92 Å². The molecule has 8 heteroatoms. The van der Waals surface area contributed by atoms with Gasteiger partial charge in [0, 0.05) is 18.6 Å². The van der Waals surface area contributed by atoms with Gasteiger partial charge in [0.05, 0.1) is 28.9 Å². The lowest BCUT2D eigenvalue weighted by atomic mass is 10.1. The minimum Gasteiger partial charge on any atom is -0.460 e. The molecule has 1 aromatic carbocycles. The molecule has 8 nitrogen and oxygen atoms in total. The number of benzene rings is 1. The third kappa shape index (κ3) is 2.75. The van der Waals surface area contributed by atoms with Gasteiger partial charge in [0.2, 0.25) is 0 Å². The van der Waals surface area contributed by atoms with Crippen molar-refractivity contribution in [1.82, 2.24) is 19.7 Å². The summed E-state index contributed by atoms with van der Waals surface area (Å²) in [4.78, 5) is 42.2. The van der Waals surface area contributed by atoms with Crippen LogP contribution >= 0.6 is 0 Å². The van der Waals surface area contributed by atoms with Crippen molar-refractivity contribution < 1.29 is 19.1 Å². The SMILES string of the molecule is Cc1nn(C)c2ncc(C(=O)OCCN3C(=O)c4ccccc4C3=O)cc12. The number of imide groups is 1. The molecule has 0 aliphatic carbocycles. The summed E-state index contributed by atoms with van der Waals surface area (Å²) < 4.78 is 6.87. The zero-order chi connectivity index (χ0) is 19.1. The molecule has 3 heterocycles. The van der Waals surface area contributed by atoms with Gasteiger partial charge in [0.1, 0.15) is 6.61 Å². The fourth-order valence-corrected chi connectivity index (χ4v) is 3.17. The van der Waals surface area contributed by atoms with E-state index in [4.69, 9.17) is 4.74 Å². The summed E-state index contributed by atoms with van der Waals surface area (Å²) >= 11 is 0. The normalized spacial score (nSPS) is 13.3. The maximum atomic E-state index is 12.3. The van der Waals surface area contributed by atoms with E-state index in [9.17, 15) is 14.4 Å². The summed E-state index contributed by atoms with van der Waals surface area (Å²) in [5.41, 5.74) is 2.47. The Bertz CT molecular complexity index is 1070. The minimum atomic E-state index is -0.565. The zero-order valence-corrected chi connectivity index (χ0v) is 14.8. The Morgan fingerprint density at radius 3 is 2.48 bits per heavy atom. The van der Waals surface area contributed by atoms with Gasteiger partial charge in [-0.15, -0.1) is 0 Å². The molecular formula is C19H16N4O4. The second-order valence-electron chi connectivity index (χ2n) is 6.25. The van der Waals surface area contributed by atoms with Gasteiger partial charge >= 0.3 is 5.97 Å². The molecule has 2 amide bonds. The fourth-order valence-electron chi connectivity index (χ4n) is 3.17. The van der Waals surface area contributed by atoms with Crippen molar-refractivity contribution in [3.63, 3.8) is 0 Å². The Labute approximate surface area is 154 Å². The van der Waals surface area contributed by atoms with Crippen LogP contribution in [0.15, 0.2) is 36.5 Å². The van der Waals surface area contributed by atoms with Crippen molar-refractivity contribution in [2.75, 3.05) is 13.2 Å². The monoisotopic (exact) mass is 364 g/mol. The number of rotatable bonds is 4. The second-order valence-corrected chi connectivity index (χ2v) is 6.25. The lowest BCUT2D eigenvalue weighted by Crippen LogP contribution is -2.33. The number of ether oxygens (including phenoxy) is 1. The van der Waals surface area contributed by atoms with Crippen LogP contribution in [0.4, 0.5) is 0 Å². The molecule has 2 aromatic heterocycles. The van der Waals surface area contributed by atoms with Gasteiger partial charge in [-0.05, 0) is 25.1 Å². The van der Waals surface area contributed by atoms with E-state index in [1.807, 2.05) is 6.92 Å². The highest BCUT2D eigenvalue weighted by atomic mass is 16.5. The van der Waals surface area contributed by atoms with Crippen LogP contribution in [0.3, 0.4) is 0 Å². The minimum absolute atomic E-state index is 0.000318. The Balaban J connectivity index is 1.43. The predicted molar refractivity (Wildman–Crippen MR) is 95.3 cm³/mol. The molecule has 0 bridgehead atoms. The van der Waals surface area contributed by atoms with Crippen molar-refractivity contribution in [3.8, 4) is 0 Å². The summed E-state index contributed by atoms with van der Waals surface area (Å²) in [5.74, 6) is -1.31. The molecule has 4 rings (SSSR count). The first-order chi connectivity index (χ1) is 13.0. The Morgan fingerprint density at radius 1 is 1.15 bits per heavy atom. The van der Waals surface area contributed by atoms with Gasteiger partial charge in [0.15, 0.2) is 5.65 Å². The molecule has 0 fully saturated rings. The Kier molecular flexibility index (Phi) is 3.95. The summed E-state index contributed by atoms with van der Waals surface area (Å²) in [7, 11) is 1.78. The van der Waals surface area contributed by atoms with Crippen LogP contribution in [-0.2, 0) is 11.8 Å². The van der Waals surface area contributed by atoms with Gasteiger partial charge in [-0.1, -0.05) is 12.1 Å². The van der Waals surface area contributed by atoms with Crippen molar-refractivity contribution in [2.24, 2.45) is 7.05 Å². The van der Waals surface area contributed by atoms with Crippen LogP contribution in [0.1, 0.15) is 36.8 Å². The lowest BCUT2D eigenvalue weighted by Gasteiger charge is -2.13. The number of pyridine rings is 1. The first kappa shape index (κ1) is 16.9. The van der Waals surface area contributed by atoms with Gasteiger partial charge in [-0.25, -0.2) is 9.78 Å². The van der Waals surface area contributed by atoms with Crippen molar-refractivity contribution >= 4 is 28.8 Å². The van der Waals surface area contributed by atoms with Crippen molar-refractivity contribution in [3.05, 3.63) is 58.9 Å². The maximum absolute atomic E-state index is 12.3. The summed E-state index contributed by atoms with van der Waals surface area (Å²) in [6.45, 7) is 1.75. The smallest absolute Gasteiger partial charge is 0.339 e. The average Bonchev–Trinajstić information content (AvgIpc) is 3.09. The number of fused-ring (bicyclic) bond motifs is 2. The van der Waals surface area contributed by atoms with Gasteiger partial charge in [0.25, 0.3) is 11.8 Å². The van der Waals surface area contributed by atoms with E-state index in [0.29, 0.717) is 22.3 Å². The molecule has 0 radical (unpaired) electrons. The standard InChI is InChI=1S/C19H16N4O4/c1-11-15-9-12(10-20-16(15)22(2)21-11)19(26)27-8-7-23-17(24)13-5-3-4-6-14(13)18(23)25/h3-6,9-10H,7-8H2,1-2H3. The van der Waals surface area contributed by atoms with E-state index in [2.05, 4.69) is 10.1 Å². The number of nitrogens with zero attached hydrogens (tertiary/aromatic N) is 4. The van der Waals surface area contributed by atoms with E-state index >= 15 is 0 Å². The number of carbonyl (C=O) groups is 3. The summed E-state index contributed by atoms with van der Waals surface area (Å²) in [6.07, 6.45) is 1.42. The summed E-state index contributed by atoms with van der Waals surface area (Å²) in [6, 6.07) is 8.31. The molecule has 136 valence electrons. The van der Waals surface area contributed by atoms with Crippen LogP contribution in [0.5, 0.6) is 0 Å². The Hall–Kier alpha value is -3.55. The number of esters is 1. The van der Waals surface area contributed by atoms with Crippen LogP contribution < -0.4 is 0 Å². The number of aromatic nitrogens is 3. The number of hydrogen-bond donors (Lipinski definition) is 0. The highest BCUT2D eigenvalue weighted by Gasteiger charge is 2.34. The quantitative estimate of drug-likeness (QED) is 0.517. The number of aryl methyl sites for hydroxylation is 2. The third-order valence-corrected chi connectivity index (χ3v) is 4.52. The molecule has 27 heavy (non-hydrogen) atoms. The van der Waals surface area contributed by atoms with E-state index in [1.165, 1.54) is 6.20 Å². The molecule has 1 aliphatic rings. The topological polar surface area (TPSA) is 94.4 Å². The molecule has 1 aliphatic heterocycles. The van der Waals surface area contributed by atoms with Crippen molar-refractivity contribution in [2.45, 2.75) is 6.92 Å². The third-order valence-electron chi connectivity index (χ3n) is 4.52. The molecule has 0 N–H and O–H groups in total. The molecule has 0 unspecified atom stereocenters. The van der Waals surface area contributed by atoms with E-state index < -0.39 is 5.97 Å². The average molecular weight is 364 g/mol. The number of amides is 2. The highest BCUT2D eigenvalue weighted by molar-refractivity contribution is 6.21.